The van der Waals surface area contributed by atoms with Crippen molar-refractivity contribution in [3.8, 4) is 0 Å². The molecule has 41 heavy (non-hydrogen) atoms. The number of amides is 3. The molecular formula is C31H34ClN3O5S. The van der Waals surface area contributed by atoms with E-state index in [0.29, 0.717) is 18.0 Å². The van der Waals surface area contributed by atoms with Crippen molar-refractivity contribution in [1.82, 2.24) is 14.5 Å². The smallest absolute Gasteiger partial charge is 0.269 e. The number of benzene rings is 3. The topological polar surface area (TPSA) is 104 Å². The van der Waals surface area contributed by atoms with Gasteiger partial charge in [0.1, 0.15) is 10.9 Å². The van der Waals surface area contributed by atoms with Crippen molar-refractivity contribution < 1.29 is 22.8 Å². The van der Waals surface area contributed by atoms with Crippen molar-refractivity contribution >= 4 is 39.3 Å². The van der Waals surface area contributed by atoms with Gasteiger partial charge in [0.15, 0.2) is 0 Å². The van der Waals surface area contributed by atoms with Crippen LogP contribution in [0.1, 0.15) is 48.2 Å². The van der Waals surface area contributed by atoms with Crippen LogP contribution in [0.25, 0.3) is 0 Å². The van der Waals surface area contributed by atoms with Gasteiger partial charge in [0.2, 0.25) is 11.8 Å². The predicted octanol–water partition coefficient (Wildman–Crippen LogP) is 4.68. The first-order valence-electron chi connectivity index (χ1n) is 13.6. The fourth-order valence-corrected chi connectivity index (χ4v) is 6.47. The van der Waals surface area contributed by atoms with Crippen molar-refractivity contribution in [2.45, 2.75) is 50.6 Å². The third-order valence-electron chi connectivity index (χ3n) is 6.89. The van der Waals surface area contributed by atoms with Gasteiger partial charge in [-0.05, 0) is 47.7 Å². The lowest BCUT2D eigenvalue weighted by atomic mass is 10.0. The summed E-state index contributed by atoms with van der Waals surface area (Å²) in [4.78, 5) is 41.6. The highest BCUT2D eigenvalue weighted by molar-refractivity contribution is 7.90. The van der Waals surface area contributed by atoms with Crippen molar-refractivity contribution in [2.75, 3.05) is 13.1 Å². The molecule has 1 heterocycles. The van der Waals surface area contributed by atoms with Crippen molar-refractivity contribution in [1.29, 1.82) is 0 Å². The standard InChI is InChI=1S/C31H34ClN3O5S/c1-22(2)20-33-30(37)27(19-23-9-4-3-5-10-23)34(21-24-14-16-25(32)17-15-24)29(36)13-8-18-35-31(38)26-11-6-7-12-28(26)41(35,39)40/h3-7,9-12,14-17,22,27H,8,13,18-21H2,1-2H3,(H,33,37)/t27-/m0/s1. The minimum atomic E-state index is -3.97. The third kappa shape index (κ3) is 7.34. The molecule has 10 heteroatoms. The second-order valence-electron chi connectivity index (χ2n) is 10.5. The quantitative estimate of drug-likeness (QED) is 0.327. The molecule has 216 valence electrons. The van der Waals surface area contributed by atoms with E-state index in [9.17, 15) is 22.8 Å². The van der Waals surface area contributed by atoms with E-state index in [2.05, 4.69) is 5.32 Å². The first-order chi connectivity index (χ1) is 19.6. The minimum absolute atomic E-state index is 0.0227. The van der Waals surface area contributed by atoms with Gasteiger partial charge in [-0.25, -0.2) is 12.7 Å². The van der Waals surface area contributed by atoms with Gasteiger partial charge in [-0.1, -0.05) is 80.0 Å². The second kappa shape index (κ2) is 13.3. The van der Waals surface area contributed by atoms with E-state index < -0.39 is 22.0 Å². The summed E-state index contributed by atoms with van der Waals surface area (Å²) in [6, 6.07) is 21.8. The van der Waals surface area contributed by atoms with E-state index in [1.807, 2.05) is 44.2 Å². The predicted molar refractivity (Wildman–Crippen MR) is 158 cm³/mol. The summed E-state index contributed by atoms with van der Waals surface area (Å²) in [5.41, 5.74) is 1.83. The van der Waals surface area contributed by atoms with E-state index in [0.717, 1.165) is 15.4 Å². The van der Waals surface area contributed by atoms with Crippen LogP contribution in [-0.4, -0.2) is 54.5 Å². The zero-order chi connectivity index (χ0) is 29.6. The van der Waals surface area contributed by atoms with Crippen LogP contribution < -0.4 is 5.32 Å². The van der Waals surface area contributed by atoms with Gasteiger partial charge in [0.25, 0.3) is 15.9 Å². The maximum atomic E-state index is 13.8. The molecule has 1 aliphatic rings. The molecule has 1 aliphatic heterocycles. The molecule has 0 bridgehead atoms. The van der Waals surface area contributed by atoms with Crippen LogP contribution in [0.5, 0.6) is 0 Å². The Morgan fingerprint density at radius 3 is 2.24 bits per heavy atom. The van der Waals surface area contributed by atoms with Crippen LogP contribution in [0.3, 0.4) is 0 Å². The normalized spacial score (nSPS) is 14.5. The molecular weight excluding hydrogens is 562 g/mol. The van der Waals surface area contributed by atoms with Gasteiger partial charge in [-0.15, -0.1) is 0 Å². The Balaban J connectivity index is 1.56. The van der Waals surface area contributed by atoms with E-state index in [-0.39, 0.29) is 54.1 Å². The van der Waals surface area contributed by atoms with Gasteiger partial charge in [0, 0.05) is 37.5 Å². The van der Waals surface area contributed by atoms with Gasteiger partial charge < -0.3 is 10.2 Å². The van der Waals surface area contributed by atoms with Crippen LogP contribution in [0.15, 0.2) is 83.8 Å². The first kappa shape index (κ1) is 30.3. The number of rotatable bonds is 12. The molecule has 3 aromatic rings. The Hall–Kier alpha value is -3.69. The van der Waals surface area contributed by atoms with Gasteiger partial charge >= 0.3 is 0 Å². The molecule has 0 aromatic heterocycles. The molecule has 1 N–H and O–H groups in total. The van der Waals surface area contributed by atoms with Gasteiger partial charge in [-0.2, -0.15) is 0 Å². The summed E-state index contributed by atoms with van der Waals surface area (Å²) in [5.74, 6) is -0.957. The Morgan fingerprint density at radius 1 is 0.927 bits per heavy atom. The Morgan fingerprint density at radius 2 is 1.59 bits per heavy atom. The number of sulfonamides is 1. The van der Waals surface area contributed by atoms with E-state index in [4.69, 9.17) is 11.6 Å². The molecule has 0 spiro atoms. The monoisotopic (exact) mass is 595 g/mol. The van der Waals surface area contributed by atoms with Crippen LogP contribution >= 0.6 is 11.6 Å². The van der Waals surface area contributed by atoms with Crippen molar-refractivity contribution in [2.24, 2.45) is 5.92 Å². The zero-order valence-corrected chi connectivity index (χ0v) is 24.7. The Bertz CT molecular complexity index is 1490. The minimum Gasteiger partial charge on any atom is -0.354 e. The highest BCUT2D eigenvalue weighted by atomic mass is 35.5. The molecule has 0 saturated heterocycles. The highest BCUT2D eigenvalue weighted by Gasteiger charge is 2.40. The molecule has 0 unspecified atom stereocenters. The van der Waals surface area contributed by atoms with Gasteiger partial charge in [0.05, 0.1) is 5.56 Å². The second-order valence-corrected chi connectivity index (χ2v) is 12.7. The van der Waals surface area contributed by atoms with E-state index >= 15 is 0 Å². The molecule has 1 atom stereocenters. The van der Waals surface area contributed by atoms with E-state index in [1.165, 1.54) is 12.1 Å². The van der Waals surface area contributed by atoms with Crippen molar-refractivity contribution in [3.63, 3.8) is 0 Å². The summed E-state index contributed by atoms with van der Waals surface area (Å²) in [6.45, 7) is 4.47. The van der Waals surface area contributed by atoms with Crippen LogP contribution in [0, 0.1) is 5.92 Å². The lowest BCUT2D eigenvalue weighted by molar-refractivity contribution is -0.141. The van der Waals surface area contributed by atoms with E-state index in [1.54, 1.807) is 41.3 Å². The number of fused-ring (bicyclic) bond motifs is 1. The maximum absolute atomic E-state index is 13.8. The summed E-state index contributed by atoms with van der Waals surface area (Å²) in [5, 5.41) is 3.53. The largest absolute Gasteiger partial charge is 0.354 e. The van der Waals surface area contributed by atoms with Gasteiger partial charge in [-0.3, -0.25) is 14.4 Å². The summed E-state index contributed by atoms with van der Waals surface area (Å²) in [7, 11) is -3.97. The molecule has 3 amide bonds. The fraction of sp³-hybridized carbons (Fsp3) is 0.323. The first-order valence-corrected chi connectivity index (χ1v) is 15.4. The SMILES string of the molecule is CC(C)CNC(=O)[C@H](Cc1ccccc1)N(Cc1ccc(Cl)cc1)C(=O)CCCN1C(=O)c2ccccc2S1(=O)=O. The number of carbonyl (C=O) groups excluding carboxylic acids is 3. The number of carbonyl (C=O) groups is 3. The molecule has 0 fully saturated rings. The molecule has 3 aromatic carbocycles. The summed E-state index contributed by atoms with van der Waals surface area (Å²) < 4.78 is 26.7. The third-order valence-corrected chi connectivity index (χ3v) is 8.98. The van der Waals surface area contributed by atoms with Crippen LogP contribution in [-0.2, 0) is 32.6 Å². The highest BCUT2D eigenvalue weighted by Crippen LogP contribution is 2.30. The average Bonchev–Trinajstić information content (AvgIpc) is 3.15. The zero-order valence-electron chi connectivity index (χ0n) is 23.1. The molecule has 0 aliphatic carbocycles. The summed E-state index contributed by atoms with van der Waals surface area (Å²) >= 11 is 6.08. The number of nitrogens with one attached hydrogen (secondary N) is 1. The molecule has 0 radical (unpaired) electrons. The lowest BCUT2D eigenvalue weighted by Gasteiger charge is -2.32. The molecule has 0 saturated carbocycles. The van der Waals surface area contributed by atoms with Crippen molar-refractivity contribution in [3.05, 3.63) is 101 Å². The maximum Gasteiger partial charge on any atom is 0.269 e. The molecule has 4 rings (SSSR count). The Labute approximate surface area is 246 Å². The Kier molecular flexibility index (Phi) is 9.83. The number of halogens is 1. The number of hydrogen-bond donors (Lipinski definition) is 1. The number of hydrogen-bond acceptors (Lipinski definition) is 5. The van der Waals surface area contributed by atoms with Crippen LogP contribution in [0.4, 0.5) is 0 Å². The summed E-state index contributed by atoms with van der Waals surface area (Å²) in [6.07, 6.45) is 0.366. The average molecular weight is 596 g/mol. The fourth-order valence-electron chi connectivity index (χ4n) is 4.73. The molecule has 8 nitrogen and oxygen atoms in total. The lowest BCUT2D eigenvalue weighted by Crippen LogP contribution is -2.51. The number of nitrogens with zero attached hydrogens (tertiary/aromatic N) is 2. The van der Waals surface area contributed by atoms with Crippen LogP contribution in [0.2, 0.25) is 5.02 Å².